The van der Waals surface area contributed by atoms with Crippen molar-refractivity contribution in [2.24, 2.45) is 0 Å². The quantitative estimate of drug-likeness (QED) is 0.607. The van der Waals surface area contributed by atoms with Crippen LogP contribution in [-0.2, 0) is 6.54 Å². The number of ether oxygens (including phenoxy) is 1. The van der Waals surface area contributed by atoms with Gasteiger partial charge in [0.05, 0.1) is 12.2 Å². The first kappa shape index (κ1) is 17.4. The molecule has 0 unspecified atom stereocenters. The molecule has 1 aromatic carbocycles. The Bertz CT molecular complexity index is 751. The number of unbranched alkanes of at least 4 members (excludes halogenated alkanes) is 1. The van der Waals surface area contributed by atoms with Gasteiger partial charge in [-0.3, -0.25) is 4.79 Å². The summed E-state index contributed by atoms with van der Waals surface area (Å²) in [5, 5.41) is 2.84. The zero-order valence-electron chi connectivity index (χ0n) is 13.7. The normalized spacial score (nSPS) is 10.0. The molecule has 3 N–H and O–H groups in total. The second-order valence-corrected chi connectivity index (χ2v) is 5.37. The molecule has 0 atom stereocenters. The second-order valence-electron chi connectivity index (χ2n) is 5.37. The molecule has 1 heterocycles. The Balaban J connectivity index is 1.91. The van der Waals surface area contributed by atoms with Gasteiger partial charge in [0, 0.05) is 18.7 Å². The van der Waals surface area contributed by atoms with Crippen molar-refractivity contribution in [1.29, 1.82) is 0 Å². The van der Waals surface area contributed by atoms with E-state index in [1.807, 2.05) is 31.2 Å². The maximum Gasteiger partial charge on any atom is 0.255 e. The fourth-order valence-corrected chi connectivity index (χ4v) is 2.16. The monoisotopic (exact) mass is 323 g/mol. The lowest BCUT2D eigenvalue weighted by Gasteiger charge is -2.10. The van der Waals surface area contributed by atoms with Gasteiger partial charge in [-0.1, -0.05) is 12.1 Å². The van der Waals surface area contributed by atoms with Crippen LogP contribution in [0, 0.1) is 19.3 Å². The summed E-state index contributed by atoms with van der Waals surface area (Å²) < 4.78 is 5.63. The van der Waals surface area contributed by atoms with E-state index in [4.69, 9.17) is 16.9 Å². The Morgan fingerprint density at radius 1 is 1.38 bits per heavy atom. The first-order chi connectivity index (χ1) is 11.6. The van der Waals surface area contributed by atoms with Crippen LogP contribution < -0.4 is 15.8 Å². The Kier molecular flexibility index (Phi) is 6.21. The number of terminal acetylenes is 1. The lowest BCUT2D eigenvalue weighted by atomic mass is 10.2. The van der Waals surface area contributed by atoms with Crippen LogP contribution in [0.3, 0.4) is 0 Å². The topological polar surface area (TPSA) is 77.2 Å². The predicted molar refractivity (Wildman–Crippen MR) is 94.6 cm³/mol. The molecule has 2 aromatic rings. The minimum Gasteiger partial charge on any atom is -0.494 e. The zero-order chi connectivity index (χ0) is 17.4. The molecule has 0 saturated heterocycles. The van der Waals surface area contributed by atoms with Gasteiger partial charge in [-0.15, -0.1) is 12.3 Å². The number of carbonyl (C=O) groups excluding carboxylic acids is 1. The molecular formula is C19H21N3O2. The highest BCUT2D eigenvalue weighted by Crippen LogP contribution is 2.14. The number of anilines is 1. The van der Waals surface area contributed by atoms with Crippen molar-refractivity contribution < 1.29 is 9.53 Å². The number of rotatable bonds is 7. The minimum atomic E-state index is -0.250. The summed E-state index contributed by atoms with van der Waals surface area (Å²) in [6.45, 7) is 2.78. The number of amides is 1. The largest absolute Gasteiger partial charge is 0.494 e. The van der Waals surface area contributed by atoms with E-state index in [-0.39, 0.29) is 11.7 Å². The van der Waals surface area contributed by atoms with Gasteiger partial charge in [-0.2, -0.15) is 0 Å². The van der Waals surface area contributed by atoms with Crippen LogP contribution in [-0.4, -0.2) is 17.5 Å². The first-order valence-corrected chi connectivity index (χ1v) is 7.76. The van der Waals surface area contributed by atoms with E-state index < -0.39 is 0 Å². The molecule has 24 heavy (non-hydrogen) atoms. The fourth-order valence-electron chi connectivity index (χ4n) is 2.16. The molecule has 5 heteroatoms. The summed E-state index contributed by atoms with van der Waals surface area (Å²) >= 11 is 0. The number of nitrogens with two attached hydrogens (primary N) is 1. The lowest BCUT2D eigenvalue weighted by molar-refractivity contribution is 0.0951. The van der Waals surface area contributed by atoms with E-state index in [1.165, 1.54) is 0 Å². The number of pyridine rings is 1. The summed E-state index contributed by atoms with van der Waals surface area (Å²) in [5.41, 5.74) is 7.88. The van der Waals surface area contributed by atoms with E-state index in [1.54, 1.807) is 12.1 Å². The standard InChI is InChI=1S/C19H21N3O2/c1-3-4-5-11-24-16-8-6-7-15(12-16)13-21-19(23)17-10-9-14(2)22-18(17)20/h1,6-10,12H,4-5,11,13H2,2H3,(H2,20,22)(H,21,23). The van der Waals surface area contributed by atoms with Crippen LogP contribution in [0.2, 0.25) is 0 Å². The van der Waals surface area contributed by atoms with Gasteiger partial charge in [0.25, 0.3) is 5.91 Å². The molecule has 1 aromatic heterocycles. The molecule has 1 amide bonds. The van der Waals surface area contributed by atoms with Crippen molar-refractivity contribution in [3.63, 3.8) is 0 Å². The molecule has 0 aliphatic carbocycles. The molecule has 0 aliphatic heterocycles. The van der Waals surface area contributed by atoms with E-state index in [2.05, 4.69) is 16.2 Å². The van der Waals surface area contributed by atoms with Gasteiger partial charge in [0.15, 0.2) is 0 Å². The number of benzene rings is 1. The highest BCUT2D eigenvalue weighted by molar-refractivity contribution is 5.98. The first-order valence-electron chi connectivity index (χ1n) is 7.76. The van der Waals surface area contributed by atoms with E-state index in [0.29, 0.717) is 25.1 Å². The summed E-state index contributed by atoms with van der Waals surface area (Å²) in [7, 11) is 0. The van der Waals surface area contributed by atoms with Crippen LogP contribution in [0.25, 0.3) is 0 Å². The number of carbonyl (C=O) groups is 1. The summed E-state index contributed by atoms with van der Waals surface area (Å²) in [6, 6.07) is 11.0. The number of hydrogen-bond donors (Lipinski definition) is 2. The predicted octanol–water partition coefficient (Wildman–Crippen LogP) is 2.69. The molecule has 124 valence electrons. The molecular weight excluding hydrogens is 302 g/mol. The summed E-state index contributed by atoms with van der Waals surface area (Å²) in [6.07, 6.45) is 6.72. The van der Waals surface area contributed by atoms with E-state index >= 15 is 0 Å². The third-order valence-corrected chi connectivity index (χ3v) is 3.39. The van der Waals surface area contributed by atoms with Gasteiger partial charge in [0.2, 0.25) is 0 Å². The second kappa shape index (κ2) is 8.59. The van der Waals surface area contributed by atoms with E-state index in [0.717, 1.165) is 23.4 Å². The highest BCUT2D eigenvalue weighted by atomic mass is 16.5. The highest BCUT2D eigenvalue weighted by Gasteiger charge is 2.10. The van der Waals surface area contributed by atoms with Crippen LogP contribution in [0.5, 0.6) is 5.75 Å². The smallest absolute Gasteiger partial charge is 0.255 e. The number of aromatic nitrogens is 1. The summed E-state index contributed by atoms with van der Waals surface area (Å²) in [5.74, 6) is 3.32. The fraction of sp³-hybridized carbons (Fsp3) is 0.263. The number of hydrogen-bond acceptors (Lipinski definition) is 4. The molecule has 0 aliphatic rings. The SMILES string of the molecule is C#CCCCOc1cccc(CNC(=O)c2ccc(C)nc2N)c1. The average molecular weight is 323 g/mol. The number of nitrogen functional groups attached to an aromatic ring is 1. The van der Waals surface area contributed by atoms with Crippen LogP contribution in [0.4, 0.5) is 5.82 Å². The van der Waals surface area contributed by atoms with Gasteiger partial charge >= 0.3 is 0 Å². The Morgan fingerprint density at radius 2 is 2.21 bits per heavy atom. The number of aryl methyl sites for hydroxylation is 1. The lowest BCUT2D eigenvalue weighted by Crippen LogP contribution is -2.24. The van der Waals surface area contributed by atoms with Crippen LogP contribution >= 0.6 is 0 Å². The van der Waals surface area contributed by atoms with Crippen molar-refractivity contribution >= 4 is 11.7 Å². The molecule has 0 spiro atoms. The maximum atomic E-state index is 12.2. The number of nitrogens with zero attached hydrogens (tertiary/aromatic N) is 1. The van der Waals surface area contributed by atoms with Gasteiger partial charge < -0.3 is 15.8 Å². The summed E-state index contributed by atoms with van der Waals surface area (Å²) in [4.78, 5) is 16.3. The Labute approximate surface area is 142 Å². The van der Waals surface area contributed by atoms with Crippen molar-refractivity contribution in [3.8, 4) is 18.1 Å². The molecule has 0 bridgehead atoms. The van der Waals surface area contributed by atoms with Crippen molar-refractivity contribution in [1.82, 2.24) is 10.3 Å². The van der Waals surface area contributed by atoms with Crippen molar-refractivity contribution in [3.05, 3.63) is 53.2 Å². The molecule has 2 rings (SSSR count). The van der Waals surface area contributed by atoms with Crippen LogP contribution in [0.1, 0.15) is 34.5 Å². The molecule has 0 fully saturated rings. The zero-order valence-corrected chi connectivity index (χ0v) is 13.7. The van der Waals surface area contributed by atoms with E-state index in [9.17, 15) is 4.79 Å². The van der Waals surface area contributed by atoms with Crippen molar-refractivity contribution in [2.75, 3.05) is 12.3 Å². The third-order valence-electron chi connectivity index (χ3n) is 3.39. The molecule has 0 radical (unpaired) electrons. The molecule has 5 nitrogen and oxygen atoms in total. The van der Waals surface area contributed by atoms with Gasteiger partial charge in [-0.25, -0.2) is 4.98 Å². The Hall–Kier alpha value is -3.00. The van der Waals surface area contributed by atoms with Crippen LogP contribution in [0.15, 0.2) is 36.4 Å². The maximum absolute atomic E-state index is 12.2. The van der Waals surface area contributed by atoms with Crippen molar-refractivity contribution in [2.45, 2.75) is 26.3 Å². The third kappa shape index (κ3) is 5.03. The average Bonchev–Trinajstić information content (AvgIpc) is 2.57. The van der Waals surface area contributed by atoms with Gasteiger partial charge in [0.1, 0.15) is 11.6 Å². The molecule has 0 saturated carbocycles. The Morgan fingerprint density at radius 3 is 2.96 bits per heavy atom. The number of nitrogens with one attached hydrogen (secondary N) is 1. The minimum absolute atomic E-state index is 0.234. The van der Waals surface area contributed by atoms with Gasteiger partial charge in [-0.05, 0) is 43.2 Å².